The minimum Gasteiger partial charge on any atom is -0.358 e. The van der Waals surface area contributed by atoms with Crippen molar-refractivity contribution < 1.29 is 9.59 Å². The highest BCUT2D eigenvalue weighted by Gasteiger charge is 2.39. The molecule has 7 heteroatoms. The van der Waals surface area contributed by atoms with E-state index in [4.69, 9.17) is 5.73 Å². The van der Waals surface area contributed by atoms with E-state index in [1.807, 2.05) is 17.2 Å². The third kappa shape index (κ3) is 6.15. The fourth-order valence-corrected chi connectivity index (χ4v) is 4.80. The summed E-state index contributed by atoms with van der Waals surface area (Å²) in [5.74, 6) is 0.485. The Morgan fingerprint density at radius 3 is 2.55 bits per heavy atom. The van der Waals surface area contributed by atoms with E-state index in [9.17, 15) is 9.59 Å². The minimum absolute atomic E-state index is 0. The van der Waals surface area contributed by atoms with Gasteiger partial charge in [-0.15, -0.1) is 24.2 Å². The average Bonchev–Trinajstić information content (AvgIpc) is 2.70. The molecule has 0 spiro atoms. The molecule has 3 rings (SSSR count). The van der Waals surface area contributed by atoms with Crippen molar-refractivity contribution in [2.45, 2.75) is 64.6 Å². The maximum Gasteiger partial charge on any atom is 0.252 e. The number of benzene rings is 1. The van der Waals surface area contributed by atoms with Crippen molar-refractivity contribution in [1.29, 1.82) is 0 Å². The van der Waals surface area contributed by atoms with Crippen LogP contribution in [-0.4, -0.2) is 41.0 Å². The number of amides is 1. The summed E-state index contributed by atoms with van der Waals surface area (Å²) >= 11 is 1.58. The number of carbonyl (C=O) groups excluding carboxylic acids is 2. The largest absolute Gasteiger partial charge is 0.358 e. The zero-order chi connectivity index (χ0) is 21.9. The fourth-order valence-electron chi connectivity index (χ4n) is 3.64. The van der Waals surface area contributed by atoms with Gasteiger partial charge in [0.15, 0.2) is 5.78 Å². The lowest BCUT2D eigenvalue weighted by Crippen LogP contribution is -2.52. The Hall–Kier alpha value is -1.76. The summed E-state index contributed by atoms with van der Waals surface area (Å²) in [5, 5.41) is 2.98. The van der Waals surface area contributed by atoms with Crippen LogP contribution in [0.15, 0.2) is 47.0 Å². The predicted molar refractivity (Wildman–Crippen MR) is 131 cm³/mol. The van der Waals surface area contributed by atoms with Crippen LogP contribution in [0.2, 0.25) is 0 Å². The molecule has 1 aromatic rings. The number of hydrogen-bond donors (Lipinski definition) is 2. The van der Waals surface area contributed by atoms with E-state index in [0.29, 0.717) is 24.4 Å². The van der Waals surface area contributed by atoms with Crippen LogP contribution < -0.4 is 11.1 Å². The van der Waals surface area contributed by atoms with Crippen molar-refractivity contribution in [2.24, 2.45) is 5.73 Å². The highest BCUT2D eigenvalue weighted by atomic mass is 35.5. The first-order chi connectivity index (χ1) is 14.2. The number of hydrogen-bond acceptors (Lipinski definition) is 5. The number of halogens is 1. The number of thioether (sulfide) groups is 1. The second-order valence-electron chi connectivity index (χ2n) is 9.08. The van der Waals surface area contributed by atoms with E-state index >= 15 is 0 Å². The summed E-state index contributed by atoms with van der Waals surface area (Å²) in [7, 11) is 0. The Morgan fingerprint density at radius 1 is 1.26 bits per heavy atom. The summed E-state index contributed by atoms with van der Waals surface area (Å²) in [6.45, 7) is 9.88. The SMILES string of the molecule is CCCCNC(=O)C1=CN(Cc2ccc(C(C)(C)C)cc2)C2C(=O)[C@@H](N)CSC2=C1.Cl. The van der Waals surface area contributed by atoms with Crippen LogP contribution in [0.3, 0.4) is 0 Å². The van der Waals surface area contributed by atoms with Crippen LogP contribution in [0, 0.1) is 0 Å². The number of unbranched alkanes of at least 4 members (excludes halogenated alkanes) is 1. The van der Waals surface area contributed by atoms with Crippen LogP contribution in [0.25, 0.3) is 0 Å². The van der Waals surface area contributed by atoms with Gasteiger partial charge in [-0.2, -0.15) is 0 Å². The molecule has 2 aliphatic rings. The molecule has 1 fully saturated rings. The fraction of sp³-hybridized carbons (Fsp3) is 0.500. The van der Waals surface area contributed by atoms with E-state index in [0.717, 1.165) is 23.3 Å². The standard InChI is InChI=1S/C24H33N3O2S.ClH/c1-5-6-11-26-23(29)17-12-20-21(22(28)19(25)15-30-20)27(14-17)13-16-7-9-18(10-8-16)24(2,3)4;/h7-10,12,14,19,21H,5-6,11,13,15,25H2,1-4H3,(H,26,29);1H/t19-,21?;/m0./s1. The topological polar surface area (TPSA) is 75.4 Å². The minimum atomic E-state index is -0.476. The van der Waals surface area contributed by atoms with Gasteiger partial charge in [-0.25, -0.2) is 0 Å². The van der Waals surface area contributed by atoms with Crippen molar-refractivity contribution in [1.82, 2.24) is 10.2 Å². The van der Waals surface area contributed by atoms with E-state index < -0.39 is 12.1 Å². The molecule has 0 saturated carbocycles. The lowest BCUT2D eigenvalue weighted by Gasteiger charge is -2.39. The number of carbonyl (C=O) groups is 2. The lowest BCUT2D eigenvalue weighted by atomic mass is 9.86. The molecule has 2 atom stereocenters. The van der Waals surface area contributed by atoms with E-state index in [2.05, 4.69) is 57.3 Å². The third-order valence-corrected chi connectivity index (χ3v) is 6.73. The molecule has 0 radical (unpaired) electrons. The Morgan fingerprint density at radius 2 is 1.94 bits per heavy atom. The molecule has 31 heavy (non-hydrogen) atoms. The van der Waals surface area contributed by atoms with Crippen LogP contribution >= 0.6 is 24.2 Å². The van der Waals surface area contributed by atoms with Crippen LogP contribution in [0.5, 0.6) is 0 Å². The molecule has 1 saturated heterocycles. The van der Waals surface area contributed by atoms with Crippen molar-refractivity contribution in [3.8, 4) is 0 Å². The van der Waals surface area contributed by atoms with Gasteiger partial charge in [0.2, 0.25) is 0 Å². The van der Waals surface area contributed by atoms with E-state index in [-0.39, 0.29) is 29.5 Å². The van der Waals surface area contributed by atoms with Gasteiger partial charge in [0.05, 0.1) is 11.6 Å². The van der Waals surface area contributed by atoms with Gasteiger partial charge < -0.3 is 16.0 Å². The van der Waals surface area contributed by atoms with Gasteiger partial charge in [-0.1, -0.05) is 58.4 Å². The first kappa shape index (κ1) is 25.5. The number of ketones is 1. The molecular weight excluding hydrogens is 430 g/mol. The maximum atomic E-state index is 12.9. The molecule has 170 valence electrons. The molecule has 0 aromatic heterocycles. The molecule has 1 aromatic carbocycles. The number of nitrogens with one attached hydrogen (secondary N) is 1. The molecule has 2 aliphatic heterocycles. The number of Topliss-reactive ketones (excluding diaryl/α,β-unsaturated/α-hetero) is 1. The number of nitrogens with zero attached hydrogens (tertiary/aromatic N) is 1. The first-order valence-electron chi connectivity index (χ1n) is 10.7. The monoisotopic (exact) mass is 463 g/mol. The maximum absolute atomic E-state index is 12.9. The van der Waals surface area contributed by atoms with Gasteiger partial charge in [-0.3, -0.25) is 9.59 Å². The van der Waals surface area contributed by atoms with Gasteiger partial charge in [0.25, 0.3) is 5.91 Å². The summed E-state index contributed by atoms with van der Waals surface area (Å²) < 4.78 is 0. The molecule has 2 heterocycles. The van der Waals surface area contributed by atoms with Crippen molar-refractivity contribution in [2.75, 3.05) is 12.3 Å². The second-order valence-corrected chi connectivity index (χ2v) is 10.2. The Kier molecular flexibility index (Phi) is 8.81. The summed E-state index contributed by atoms with van der Waals surface area (Å²) in [6, 6.07) is 7.61. The second kappa shape index (κ2) is 10.7. The molecule has 0 bridgehead atoms. The highest BCUT2D eigenvalue weighted by molar-refractivity contribution is 8.03. The Labute approximate surface area is 196 Å². The molecule has 5 nitrogen and oxygen atoms in total. The van der Waals surface area contributed by atoms with Crippen LogP contribution in [0.4, 0.5) is 0 Å². The van der Waals surface area contributed by atoms with Crippen molar-refractivity contribution in [3.05, 3.63) is 58.1 Å². The summed E-state index contributed by atoms with van der Waals surface area (Å²) in [6.07, 6.45) is 5.66. The zero-order valence-corrected chi connectivity index (χ0v) is 20.4. The molecular formula is C24H34ClN3O2S. The average molecular weight is 464 g/mol. The molecule has 1 unspecified atom stereocenters. The Bertz CT molecular complexity index is 859. The Balaban J connectivity index is 0.00000341. The molecule has 3 N–H and O–H groups in total. The normalized spacial score (nSPS) is 20.9. The first-order valence-corrected chi connectivity index (χ1v) is 11.7. The molecule has 0 aliphatic carbocycles. The summed E-state index contributed by atoms with van der Waals surface area (Å²) in [4.78, 5) is 28.4. The van der Waals surface area contributed by atoms with Crippen LogP contribution in [-0.2, 0) is 21.5 Å². The van der Waals surface area contributed by atoms with E-state index in [1.165, 1.54) is 5.56 Å². The van der Waals surface area contributed by atoms with Crippen molar-refractivity contribution in [3.63, 3.8) is 0 Å². The van der Waals surface area contributed by atoms with E-state index in [1.54, 1.807) is 11.8 Å². The number of nitrogens with two attached hydrogens (primary N) is 1. The third-order valence-electron chi connectivity index (χ3n) is 5.53. The van der Waals surface area contributed by atoms with Gasteiger partial charge in [0, 0.05) is 29.9 Å². The predicted octanol–water partition coefficient (Wildman–Crippen LogP) is 3.92. The molecule has 1 amide bonds. The smallest absolute Gasteiger partial charge is 0.252 e. The van der Waals surface area contributed by atoms with Gasteiger partial charge in [-0.05, 0) is 29.0 Å². The number of rotatable bonds is 6. The highest BCUT2D eigenvalue weighted by Crippen LogP contribution is 2.36. The van der Waals surface area contributed by atoms with Crippen LogP contribution in [0.1, 0.15) is 51.7 Å². The quantitative estimate of drug-likeness (QED) is 0.625. The zero-order valence-electron chi connectivity index (χ0n) is 18.8. The number of fused-ring (bicyclic) bond motifs is 1. The summed E-state index contributed by atoms with van der Waals surface area (Å²) in [5.41, 5.74) is 9.11. The van der Waals surface area contributed by atoms with Gasteiger partial charge >= 0.3 is 0 Å². The van der Waals surface area contributed by atoms with Gasteiger partial charge in [0.1, 0.15) is 6.04 Å². The lowest BCUT2D eigenvalue weighted by molar-refractivity contribution is -0.123. The van der Waals surface area contributed by atoms with Crippen molar-refractivity contribution >= 4 is 35.9 Å².